The molecule has 0 atom stereocenters. The van der Waals surface area contributed by atoms with Crippen molar-refractivity contribution < 1.29 is 9.59 Å². The van der Waals surface area contributed by atoms with Gasteiger partial charge >= 0.3 is 0 Å². The van der Waals surface area contributed by atoms with Gasteiger partial charge in [0, 0.05) is 28.1 Å². The maximum absolute atomic E-state index is 14.8. The lowest BCUT2D eigenvalue weighted by Crippen LogP contribution is -2.30. The highest BCUT2D eigenvalue weighted by Crippen LogP contribution is 2.43. The number of fused-ring (bicyclic) bond motifs is 4. The van der Waals surface area contributed by atoms with Gasteiger partial charge in [-0.25, -0.2) is 4.90 Å². The van der Waals surface area contributed by atoms with E-state index in [1.165, 1.54) is 4.90 Å². The van der Waals surface area contributed by atoms with E-state index in [-0.39, 0.29) is 11.8 Å². The third-order valence-corrected chi connectivity index (χ3v) is 9.20. The van der Waals surface area contributed by atoms with Gasteiger partial charge in [-0.15, -0.1) is 0 Å². The molecule has 0 bridgehead atoms. The van der Waals surface area contributed by atoms with Crippen LogP contribution in [0.3, 0.4) is 0 Å². The molecule has 2 aromatic heterocycles. The van der Waals surface area contributed by atoms with E-state index in [0.717, 1.165) is 55.3 Å². The molecule has 0 saturated carbocycles. The van der Waals surface area contributed by atoms with E-state index in [9.17, 15) is 9.59 Å². The fraction of sp³-hybridized carbons (Fsp3) is 0. The van der Waals surface area contributed by atoms with E-state index < -0.39 is 0 Å². The molecule has 1 aliphatic rings. The van der Waals surface area contributed by atoms with Crippen LogP contribution in [0.4, 0.5) is 5.69 Å². The first-order valence-corrected chi connectivity index (χ1v) is 15.9. The molecule has 1 aliphatic heterocycles. The van der Waals surface area contributed by atoms with E-state index in [4.69, 9.17) is 0 Å². The minimum Gasteiger partial charge on any atom is -0.308 e. The summed E-state index contributed by atoms with van der Waals surface area (Å²) in [5.41, 5.74) is 9.40. The lowest BCUT2D eigenvalue weighted by Gasteiger charge is -2.20. The zero-order valence-electron chi connectivity index (χ0n) is 25.7. The van der Waals surface area contributed by atoms with E-state index in [1.807, 2.05) is 109 Å². The van der Waals surface area contributed by atoms with E-state index in [0.29, 0.717) is 22.5 Å². The molecule has 0 fully saturated rings. The Morgan fingerprint density at radius 3 is 1.94 bits per heavy atom. The summed E-state index contributed by atoms with van der Waals surface area (Å²) >= 11 is 0. The predicted molar refractivity (Wildman–Crippen MR) is 192 cm³/mol. The molecule has 6 aromatic carbocycles. The maximum Gasteiger partial charge on any atom is 0.268 e. The molecule has 48 heavy (non-hydrogen) atoms. The number of carbonyl (C=O) groups is 2. The van der Waals surface area contributed by atoms with Gasteiger partial charge in [0.05, 0.1) is 39.2 Å². The van der Waals surface area contributed by atoms with Crippen LogP contribution < -0.4 is 4.90 Å². The number of para-hydroxylation sites is 2. The number of pyridine rings is 1. The molecule has 0 spiro atoms. The third kappa shape index (κ3) is 4.22. The fourth-order valence-corrected chi connectivity index (χ4v) is 7.06. The molecule has 5 heteroatoms. The van der Waals surface area contributed by atoms with Crippen LogP contribution in [0, 0.1) is 0 Å². The first kappa shape index (κ1) is 27.7. The van der Waals surface area contributed by atoms with Crippen molar-refractivity contribution in [2.45, 2.75) is 0 Å². The number of anilines is 1. The number of aromatic nitrogens is 2. The SMILES string of the molecule is O=C1c2cccc(-n3c4ccccc4c4cccc(-c5ccccn5)c43)c2C(=O)N1c1ccc(-c2ccccc2)cc1-c1ccccc1. The van der Waals surface area contributed by atoms with Crippen LogP contribution in [0.5, 0.6) is 0 Å². The van der Waals surface area contributed by atoms with Gasteiger partial charge in [0.15, 0.2) is 0 Å². The molecule has 0 radical (unpaired) electrons. The Morgan fingerprint density at radius 2 is 1.15 bits per heavy atom. The molecule has 3 heterocycles. The summed E-state index contributed by atoms with van der Waals surface area (Å²) in [6.07, 6.45) is 1.79. The Kier molecular flexibility index (Phi) is 6.37. The molecule has 8 aromatic rings. The largest absolute Gasteiger partial charge is 0.308 e. The van der Waals surface area contributed by atoms with Gasteiger partial charge in [0.2, 0.25) is 0 Å². The maximum atomic E-state index is 14.8. The average molecular weight is 618 g/mol. The first-order valence-electron chi connectivity index (χ1n) is 15.9. The summed E-state index contributed by atoms with van der Waals surface area (Å²) < 4.78 is 2.12. The minimum atomic E-state index is -0.350. The molecule has 5 nitrogen and oxygen atoms in total. The van der Waals surface area contributed by atoms with Crippen molar-refractivity contribution in [3.8, 4) is 39.2 Å². The molecule has 0 unspecified atom stereocenters. The molecule has 226 valence electrons. The molecule has 9 rings (SSSR count). The van der Waals surface area contributed by atoms with Crippen LogP contribution in [-0.2, 0) is 0 Å². The van der Waals surface area contributed by atoms with Crippen LogP contribution in [0.25, 0.3) is 61.0 Å². The quantitative estimate of drug-likeness (QED) is 0.181. The van der Waals surface area contributed by atoms with Crippen LogP contribution in [0.2, 0.25) is 0 Å². The van der Waals surface area contributed by atoms with Crippen molar-refractivity contribution in [2.75, 3.05) is 4.90 Å². The number of imide groups is 1. The number of hydrogen-bond acceptors (Lipinski definition) is 3. The highest BCUT2D eigenvalue weighted by molar-refractivity contribution is 6.36. The summed E-state index contributed by atoms with van der Waals surface area (Å²) in [5, 5.41) is 2.10. The number of amides is 2. The van der Waals surface area contributed by atoms with Gasteiger partial charge < -0.3 is 4.57 Å². The predicted octanol–water partition coefficient (Wildman–Crippen LogP) is 9.98. The van der Waals surface area contributed by atoms with Gasteiger partial charge in [-0.3, -0.25) is 14.6 Å². The second kappa shape index (κ2) is 11.0. The lowest BCUT2D eigenvalue weighted by atomic mass is 9.97. The Hall–Kier alpha value is -6.59. The van der Waals surface area contributed by atoms with E-state index in [2.05, 4.69) is 52.0 Å². The summed E-state index contributed by atoms with van der Waals surface area (Å²) in [6, 6.07) is 51.8. The van der Waals surface area contributed by atoms with Gasteiger partial charge in [-0.2, -0.15) is 0 Å². The summed E-state index contributed by atoms with van der Waals surface area (Å²) in [4.78, 5) is 35.2. The number of benzene rings is 6. The molecular weight excluding hydrogens is 590 g/mol. The van der Waals surface area contributed by atoms with Crippen LogP contribution in [0.1, 0.15) is 20.7 Å². The van der Waals surface area contributed by atoms with Crippen LogP contribution in [-0.4, -0.2) is 21.4 Å². The second-order valence-corrected chi connectivity index (χ2v) is 11.9. The van der Waals surface area contributed by atoms with Gasteiger partial charge in [-0.05, 0) is 59.2 Å². The average Bonchev–Trinajstić information content (AvgIpc) is 3.63. The highest BCUT2D eigenvalue weighted by atomic mass is 16.2. The molecular formula is C43H27N3O2. The second-order valence-electron chi connectivity index (χ2n) is 11.9. The van der Waals surface area contributed by atoms with Gasteiger partial charge in [-0.1, -0.05) is 115 Å². The van der Waals surface area contributed by atoms with Crippen molar-refractivity contribution in [3.63, 3.8) is 0 Å². The topological polar surface area (TPSA) is 55.2 Å². The number of rotatable bonds is 5. The Morgan fingerprint density at radius 1 is 0.458 bits per heavy atom. The Labute approximate surface area is 277 Å². The molecule has 0 aliphatic carbocycles. The first-order chi connectivity index (χ1) is 23.7. The monoisotopic (exact) mass is 617 g/mol. The van der Waals surface area contributed by atoms with E-state index >= 15 is 0 Å². The van der Waals surface area contributed by atoms with Crippen LogP contribution in [0.15, 0.2) is 164 Å². The zero-order chi connectivity index (χ0) is 32.2. The van der Waals surface area contributed by atoms with Gasteiger partial charge in [0.25, 0.3) is 11.8 Å². The fourth-order valence-electron chi connectivity index (χ4n) is 7.06. The minimum absolute atomic E-state index is 0.341. The number of carbonyl (C=O) groups excluding carboxylic acids is 2. The normalized spacial score (nSPS) is 12.6. The summed E-state index contributed by atoms with van der Waals surface area (Å²) in [6.45, 7) is 0. The summed E-state index contributed by atoms with van der Waals surface area (Å²) in [5.74, 6) is -0.691. The standard InChI is InChI=1S/C43H27N3O2/c47-42-34-20-12-23-39(45-37-22-8-7-17-31(37)32-18-11-19-33(41(32)45)36-21-9-10-26-44-36)40(34)43(48)46(42)38-25-24-30(28-13-3-1-4-14-28)27-35(38)29-15-5-2-6-16-29/h1-27H. The van der Waals surface area contributed by atoms with Crippen molar-refractivity contribution in [3.05, 3.63) is 175 Å². The van der Waals surface area contributed by atoms with E-state index in [1.54, 1.807) is 12.3 Å². The number of nitrogens with zero attached hydrogens (tertiary/aromatic N) is 3. The Balaban J connectivity index is 1.27. The molecule has 0 N–H and O–H groups in total. The smallest absolute Gasteiger partial charge is 0.268 e. The summed E-state index contributed by atoms with van der Waals surface area (Å²) in [7, 11) is 0. The molecule has 2 amide bonds. The van der Waals surface area contributed by atoms with Gasteiger partial charge in [0.1, 0.15) is 0 Å². The third-order valence-electron chi connectivity index (χ3n) is 9.20. The highest BCUT2D eigenvalue weighted by Gasteiger charge is 2.40. The zero-order valence-corrected chi connectivity index (χ0v) is 25.7. The van der Waals surface area contributed by atoms with Crippen molar-refractivity contribution in [1.82, 2.24) is 9.55 Å². The van der Waals surface area contributed by atoms with Crippen molar-refractivity contribution in [1.29, 1.82) is 0 Å². The van der Waals surface area contributed by atoms with Crippen LogP contribution >= 0.6 is 0 Å². The lowest BCUT2D eigenvalue weighted by molar-refractivity contribution is 0.0926. The molecule has 0 saturated heterocycles. The Bertz CT molecular complexity index is 2540. The van der Waals surface area contributed by atoms with Crippen molar-refractivity contribution in [2.24, 2.45) is 0 Å². The van der Waals surface area contributed by atoms with Crippen molar-refractivity contribution >= 4 is 39.3 Å². The number of hydrogen-bond donors (Lipinski definition) is 0.